The van der Waals surface area contributed by atoms with Gasteiger partial charge in [-0.2, -0.15) is 0 Å². The second kappa shape index (κ2) is 8.99. The van der Waals surface area contributed by atoms with Crippen LogP contribution in [0, 0.1) is 0 Å². The zero-order valence-electron chi connectivity index (χ0n) is 14.8. The Morgan fingerprint density at radius 1 is 0.724 bits per heavy atom. The van der Waals surface area contributed by atoms with Gasteiger partial charge in [0.25, 0.3) is 0 Å². The SMILES string of the molecule is Clc1ccc(-c2nnc(SCc3ccc(Cl)cc3Cl)n2-c2ccc(Cl)cc2)cc1. The van der Waals surface area contributed by atoms with Crippen molar-refractivity contribution in [2.75, 3.05) is 0 Å². The number of halogens is 4. The molecule has 4 rings (SSSR count). The fourth-order valence-corrected chi connectivity index (χ4v) is 4.52. The van der Waals surface area contributed by atoms with Crippen LogP contribution in [-0.2, 0) is 5.75 Å². The van der Waals surface area contributed by atoms with Crippen molar-refractivity contribution in [1.82, 2.24) is 14.8 Å². The zero-order chi connectivity index (χ0) is 20.4. The Bertz CT molecular complexity index is 1140. The molecule has 0 aliphatic rings. The number of aromatic nitrogens is 3. The number of hydrogen-bond donors (Lipinski definition) is 0. The lowest BCUT2D eigenvalue weighted by molar-refractivity contribution is 0.886. The van der Waals surface area contributed by atoms with Gasteiger partial charge in [-0.05, 0) is 66.2 Å². The predicted octanol–water partition coefficient (Wildman–Crippen LogP) is 7.84. The number of thioether (sulfide) groups is 1. The lowest BCUT2D eigenvalue weighted by Gasteiger charge is -2.11. The van der Waals surface area contributed by atoms with Crippen LogP contribution in [0.3, 0.4) is 0 Å². The van der Waals surface area contributed by atoms with Gasteiger partial charge in [0.2, 0.25) is 0 Å². The first-order valence-corrected chi connectivity index (χ1v) is 11.0. The summed E-state index contributed by atoms with van der Waals surface area (Å²) in [7, 11) is 0. The van der Waals surface area contributed by atoms with Crippen molar-refractivity contribution in [3.8, 4) is 17.1 Å². The summed E-state index contributed by atoms with van der Waals surface area (Å²) in [6, 6.07) is 20.5. The Balaban J connectivity index is 1.73. The number of rotatable bonds is 5. The lowest BCUT2D eigenvalue weighted by atomic mass is 10.2. The third kappa shape index (κ3) is 4.73. The molecule has 1 aromatic heterocycles. The molecule has 0 aliphatic carbocycles. The van der Waals surface area contributed by atoms with Gasteiger partial charge in [0.1, 0.15) is 0 Å². The van der Waals surface area contributed by atoms with E-state index in [0.717, 1.165) is 22.0 Å². The maximum absolute atomic E-state index is 6.32. The molecule has 0 atom stereocenters. The van der Waals surface area contributed by atoms with Gasteiger partial charge in [-0.25, -0.2) is 0 Å². The minimum absolute atomic E-state index is 0.609. The third-order valence-electron chi connectivity index (χ3n) is 4.19. The molecule has 0 unspecified atom stereocenters. The van der Waals surface area contributed by atoms with Crippen LogP contribution in [0.25, 0.3) is 17.1 Å². The molecular formula is C21H13Cl4N3S. The second-order valence-corrected chi connectivity index (χ2v) is 8.81. The van der Waals surface area contributed by atoms with Crippen LogP contribution in [0.4, 0.5) is 0 Å². The summed E-state index contributed by atoms with van der Waals surface area (Å²) < 4.78 is 1.99. The number of benzene rings is 3. The summed E-state index contributed by atoms with van der Waals surface area (Å²) in [5.41, 5.74) is 2.79. The van der Waals surface area contributed by atoms with Crippen LogP contribution >= 0.6 is 58.2 Å². The first-order valence-electron chi connectivity index (χ1n) is 8.55. The van der Waals surface area contributed by atoms with Crippen molar-refractivity contribution in [1.29, 1.82) is 0 Å². The Hall–Kier alpha value is -1.69. The molecular weight excluding hydrogens is 468 g/mol. The fraction of sp³-hybridized carbons (Fsp3) is 0.0476. The van der Waals surface area contributed by atoms with E-state index in [0.29, 0.717) is 31.7 Å². The van der Waals surface area contributed by atoms with Gasteiger partial charge in [0.15, 0.2) is 11.0 Å². The molecule has 0 saturated heterocycles. The van der Waals surface area contributed by atoms with Crippen LogP contribution in [-0.4, -0.2) is 14.8 Å². The number of hydrogen-bond acceptors (Lipinski definition) is 3. The summed E-state index contributed by atoms with van der Waals surface area (Å²) in [4.78, 5) is 0. The number of nitrogens with zero attached hydrogens (tertiary/aromatic N) is 3. The monoisotopic (exact) mass is 479 g/mol. The summed E-state index contributed by atoms with van der Waals surface area (Å²) in [5.74, 6) is 1.34. The van der Waals surface area contributed by atoms with E-state index < -0.39 is 0 Å². The molecule has 29 heavy (non-hydrogen) atoms. The van der Waals surface area contributed by atoms with Crippen LogP contribution in [0.5, 0.6) is 0 Å². The summed E-state index contributed by atoms with van der Waals surface area (Å²) in [6.45, 7) is 0. The molecule has 146 valence electrons. The van der Waals surface area contributed by atoms with Gasteiger partial charge in [-0.15, -0.1) is 10.2 Å². The average molecular weight is 481 g/mol. The minimum atomic E-state index is 0.609. The van der Waals surface area contributed by atoms with E-state index in [2.05, 4.69) is 10.2 Å². The lowest BCUT2D eigenvalue weighted by Crippen LogP contribution is -1.99. The molecule has 0 radical (unpaired) electrons. The molecule has 0 fully saturated rings. The van der Waals surface area contributed by atoms with Gasteiger partial charge in [0.05, 0.1) is 0 Å². The largest absolute Gasteiger partial charge is 0.270 e. The van der Waals surface area contributed by atoms with E-state index in [4.69, 9.17) is 46.4 Å². The molecule has 4 aromatic rings. The van der Waals surface area contributed by atoms with Crippen molar-refractivity contribution in [3.63, 3.8) is 0 Å². The van der Waals surface area contributed by atoms with Crippen LogP contribution in [0.15, 0.2) is 71.9 Å². The van der Waals surface area contributed by atoms with E-state index in [1.165, 1.54) is 0 Å². The summed E-state index contributed by atoms with van der Waals surface area (Å²) >= 11 is 26.0. The molecule has 0 bridgehead atoms. The Morgan fingerprint density at radius 2 is 1.34 bits per heavy atom. The first kappa shape index (κ1) is 20.6. The summed E-state index contributed by atoms with van der Waals surface area (Å²) in [6.07, 6.45) is 0. The predicted molar refractivity (Wildman–Crippen MR) is 123 cm³/mol. The molecule has 1 heterocycles. The second-order valence-electron chi connectivity index (χ2n) is 6.15. The van der Waals surface area contributed by atoms with Crippen LogP contribution in [0.1, 0.15) is 5.56 Å². The fourth-order valence-electron chi connectivity index (χ4n) is 2.75. The van der Waals surface area contributed by atoms with E-state index in [1.54, 1.807) is 17.8 Å². The van der Waals surface area contributed by atoms with E-state index in [1.807, 2.05) is 65.2 Å². The topological polar surface area (TPSA) is 30.7 Å². The molecule has 8 heteroatoms. The highest BCUT2D eigenvalue weighted by molar-refractivity contribution is 7.98. The van der Waals surface area contributed by atoms with Crippen LogP contribution in [0.2, 0.25) is 20.1 Å². The van der Waals surface area contributed by atoms with Crippen molar-refractivity contribution in [3.05, 3.63) is 92.4 Å². The highest BCUT2D eigenvalue weighted by Gasteiger charge is 2.17. The smallest absolute Gasteiger partial charge is 0.196 e. The average Bonchev–Trinajstić information content (AvgIpc) is 3.12. The van der Waals surface area contributed by atoms with E-state index in [-0.39, 0.29) is 0 Å². The van der Waals surface area contributed by atoms with Crippen molar-refractivity contribution < 1.29 is 0 Å². The van der Waals surface area contributed by atoms with Gasteiger partial charge in [-0.3, -0.25) is 4.57 Å². The highest BCUT2D eigenvalue weighted by atomic mass is 35.5. The van der Waals surface area contributed by atoms with Crippen molar-refractivity contribution in [2.45, 2.75) is 10.9 Å². The summed E-state index contributed by atoms with van der Waals surface area (Å²) in [5, 5.41) is 12.1. The Kier molecular flexibility index (Phi) is 6.38. The normalized spacial score (nSPS) is 11.0. The molecule has 0 spiro atoms. The molecule has 3 aromatic carbocycles. The molecule has 3 nitrogen and oxygen atoms in total. The Labute approximate surface area is 192 Å². The minimum Gasteiger partial charge on any atom is -0.270 e. The Morgan fingerprint density at radius 3 is 2.00 bits per heavy atom. The molecule has 0 amide bonds. The molecule has 0 N–H and O–H groups in total. The van der Waals surface area contributed by atoms with Gasteiger partial charge in [0, 0.05) is 37.1 Å². The first-order chi connectivity index (χ1) is 14.0. The third-order valence-corrected chi connectivity index (χ3v) is 6.26. The molecule has 0 saturated carbocycles. The van der Waals surface area contributed by atoms with Gasteiger partial charge in [-0.1, -0.05) is 64.2 Å². The standard InChI is InChI=1S/C21H13Cl4N3S/c22-15-4-1-13(2-5-15)20-26-27-21(28(20)18-9-7-16(23)8-10-18)29-12-14-3-6-17(24)11-19(14)25/h1-11H,12H2. The van der Waals surface area contributed by atoms with Crippen molar-refractivity contribution in [2.24, 2.45) is 0 Å². The maximum Gasteiger partial charge on any atom is 0.196 e. The molecule has 0 aliphatic heterocycles. The quantitative estimate of drug-likeness (QED) is 0.272. The van der Waals surface area contributed by atoms with Crippen molar-refractivity contribution >= 4 is 58.2 Å². The van der Waals surface area contributed by atoms with E-state index >= 15 is 0 Å². The van der Waals surface area contributed by atoms with Gasteiger partial charge >= 0.3 is 0 Å². The maximum atomic E-state index is 6.32. The van der Waals surface area contributed by atoms with Gasteiger partial charge < -0.3 is 0 Å². The van der Waals surface area contributed by atoms with E-state index in [9.17, 15) is 0 Å². The van der Waals surface area contributed by atoms with Crippen LogP contribution < -0.4 is 0 Å². The zero-order valence-corrected chi connectivity index (χ0v) is 18.7. The highest BCUT2D eigenvalue weighted by Crippen LogP contribution is 2.32.